The average molecular weight is 272 g/mol. The van der Waals surface area contributed by atoms with Crippen LogP contribution in [0, 0.1) is 0 Å². The molecule has 20 heavy (non-hydrogen) atoms. The van der Waals surface area contributed by atoms with Crippen LogP contribution in [0.2, 0.25) is 0 Å². The van der Waals surface area contributed by atoms with Crippen LogP contribution in [-0.2, 0) is 0 Å². The van der Waals surface area contributed by atoms with E-state index in [4.69, 9.17) is 15.2 Å². The third-order valence-corrected chi connectivity index (χ3v) is 2.81. The zero-order chi connectivity index (χ0) is 14.2. The summed E-state index contributed by atoms with van der Waals surface area (Å²) >= 11 is 0. The molecule has 0 aliphatic heterocycles. The van der Waals surface area contributed by atoms with E-state index in [1.54, 1.807) is 12.4 Å². The number of nitrogens with two attached hydrogens (primary N) is 1. The van der Waals surface area contributed by atoms with Crippen LogP contribution in [0.1, 0.15) is 24.9 Å². The van der Waals surface area contributed by atoms with Gasteiger partial charge in [0.1, 0.15) is 18.1 Å². The number of aromatic nitrogens is 1. The van der Waals surface area contributed by atoms with Gasteiger partial charge in [-0.05, 0) is 30.2 Å². The zero-order valence-electron chi connectivity index (χ0n) is 11.7. The number of pyridine rings is 1. The highest BCUT2D eigenvalue weighted by Gasteiger charge is 2.09. The van der Waals surface area contributed by atoms with E-state index >= 15 is 0 Å². The molecule has 1 atom stereocenters. The first-order valence-electron chi connectivity index (χ1n) is 6.80. The molecule has 0 radical (unpaired) electrons. The van der Waals surface area contributed by atoms with Crippen molar-refractivity contribution in [1.82, 2.24) is 4.98 Å². The lowest BCUT2D eigenvalue weighted by molar-refractivity contribution is 0.288. The summed E-state index contributed by atoms with van der Waals surface area (Å²) in [6, 6.07) is 11.3. The Morgan fingerprint density at radius 3 is 2.65 bits per heavy atom. The zero-order valence-corrected chi connectivity index (χ0v) is 11.7. The fraction of sp³-hybridized carbons (Fsp3) is 0.312. The van der Waals surface area contributed by atoms with Gasteiger partial charge < -0.3 is 15.2 Å². The molecule has 0 fully saturated rings. The quantitative estimate of drug-likeness (QED) is 0.842. The highest BCUT2D eigenvalue weighted by atomic mass is 16.5. The number of nitrogens with zero attached hydrogens (tertiary/aromatic N) is 1. The van der Waals surface area contributed by atoms with E-state index in [9.17, 15) is 0 Å². The molecule has 0 spiro atoms. The normalized spacial score (nSPS) is 11.9. The maximum Gasteiger partial charge on any atom is 0.137 e. The molecule has 0 saturated carbocycles. The first-order chi connectivity index (χ1) is 9.79. The van der Waals surface area contributed by atoms with Crippen LogP contribution in [0.3, 0.4) is 0 Å². The third kappa shape index (κ3) is 4.24. The number of benzene rings is 1. The minimum Gasteiger partial charge on any atom is -0.492 e. The van der Waals surface area contributed by atoms with Gasteiger partial charge in [-0.3, -0.25) is 4.98 Å². The van der Waals surface area contributed by atoms with Crippen LogP contribution in [0.25, 0.3) is 0 Å². The molecule has 0 aliphatic carbocycles. The topological polar surface area (TPSA) is 57.4 Å². The Kier molecular flexibility index (Phi) is 5.38. The predicted octanol–water partition coefficient (Wildman–Crippen LogP) is 2.95. The van der Waals surface area contributed by atoms with E-state index in [0.717, 1.165) is 23.5 Å². The second kappa shape index (κ2) is 7.50. The monoisotopic (exact) mass is 272 g/mol. The van der Waals surface area contributed by atoms with Gasteiger partial charge in [0.15, 0.2) is 0 Å². The summed E-state index contributed by atoms with van der Waals surface area (Å²) in [6.07, 6.45) is 4.41. The summed E-state index contributed by atoms with van der Waals surface area (Å²) in [5.41, 5.74) is 7.03. The van der Waals surface area contributed by atoms with Gasteiger partial charge in [-0.15, -0.1) is 0 Å². The molecule has 2 rings (SSSR count). The molecular weight excluding hydrogens is 252 g/mol. The van der Waals surface area contributed by atoms with Crippen molar-refractivity contribution in [3.8, 4) is 11.5 Å². The molecule has 4 heteroatoms. The van der Waals surface area contributed by atoms with E-state index in [1.165, 1.54) is 0 Å². The lowest BCUT2D eigenvalue weighted by Crippen LogP contribution is -2.19. The average Bonchev–Trinajstić information content (AvgIpc) is 2.52. The molecule has 2 N–H and O–H groups in total. The van der Waals surface area contributed by atoms with Gasteiger partial charge in [-0.2, -0.15) is 0 Å². The number of hydrogen-bond donors (Lipinski definition) is 1. The lowest BCUT2D eigenvalue weighted by Gasteiger charge is -2.14. The van der Waals surface area contributed by atoms with Crippen molar-refractivity contribution in [2.75, 3.05) is 13.2 Å². The van der Waals surface area contributed by atoms with Crippen molar-refractivity contribution in [1.29, 1.82) is 0 Å². The van der Waals surface area contributed by atoms with Gasteiger partial charge in [0.25, 0.3) is 0 Å². The van der Waals surface area contributed by atoms with Crippen LogP contribution in [0.5, 0.6) is 11.5 Å². The minimum atomic E-state index is -0.229. The minimum absolute atomic E-state index is 0.229. The van der Waals surface area contributed by atoms with Crippen LogP contribution in [0.15, 0.2) is 48.8 Å². The summed E-state index contributed by atoms with van der Waals surface area (Å²) in [4.78, 5) is 4.15. The molecule has 0 bridgehead atoms. The van der Waals surface area contributed by atoms with Crippen LogP contribution < -0.4 is 15.2 Å². The fourth-order valence-corrected chi connectivity index (χ4v) is 1.74. The van der Waals surface area contributed by atoms with Gasteiger partial charge in [0.05, 0.1) is 18.8 Å². The number of hydrogen-bond acceptors (Lipinski definition) is 4. The van der Waals surface area contributed by atoms with Crippen LogP contribution in [-0.4, -0.2) is 18.2 Å². The lowest BCUT2D eigenvalue weighted by atomic mass is 10.1. The molecular formula is C16H20N2O2. The second-order valence-corrected chi connectivity index (χ2v) is 4.53. The Hall–Kier alpha value is -2.07. The molecule has 0 aliphatic rings. The summed E-state index contributed by atoms with van der Waals surface area (Å²) in [7, 11) is 0. The van der Waals surface area contributed by atoms with E-state index < -0.39 is 0 Å². The number of rotatable bonds is 7. The molecule has 2 aromatic rings. The van der Waals surface area contributed by atoms with Gasteiger partial charge >= 0.3 is 0 Å². The third-order valence-electron chi connectivity index (χ3n) is 2.81. The Labute approximate surface area is 119 Å². The Morgan fingerprint density at radius 1 is 1.10 bits per heavy atom. The van der Waals surface area contributed by atoms with E-state index in [-0.39, 0.29) is 6.04 Å². The van der Waals surface area contributed by atoms with Crippen LogP contribution >= 0.6 is 0 Å². The van der Waals surface area contributed by atoms with Gasteiger partial charge in [0.2, 0.25) is 0 Å². The SMILES string of the molecule is CCCOc1cncc(C(N)COc2ccccc2)c1. The molecule has 1 unspecified atom stereocenters. The Balaban J connectivity index is 1.93. The summed E-state index contributed by atoms with van der Waals surface area (Å²) in [5, 5.41) is 0. The molecule has 1 heterocycles. The molecule has 4 nitrogen and oxygen atoms in total. The smallest absolute Gasteiger partial charge is 0.137 e. The van der Waals surface area contributed by atoms with E-state index in [2.05, 4.69) is 11.9 Å². The maximum atomic E-state index is 6.12. The molecule has 106 valence electrons. The fourth-order valence-electron chi connectivity index (χ4n) is 1.74. The first kappa shape index (κ1) is 14.3. The van der Waals surface area contributed by atoms with Crippen molar-refractivity contribution in [2.45, 2.75) is 19.4 Å². The maximum absolute atomic E-state index is 6.12. The highest BCUT2D eigenvalue weighted by Crippen LogP contribution is 2.18. The van der Waals surface area contributed by atoms with Crippen LogP contribution in [0.4, 0.5) is 0 Å². The van der Waals surface area contributed by atoms with E-state index in [1.807, 2.05) is 36.4 Å². The second-order valence-electron chi connectivity index (χ2n) is 4.53. The molecule has 1 aromatic heterocycles. The van der Waals surface area contributed by atoms with Crippen molar-refractivity contribution in [2.24, 2.45) is 5.73 Å². The van der Waals surface area contributed by atoms with Crippen molar-refractivity contribution < 1.29 is 9.47 Å². The highest BCUT2D eigenvalue weighted by molar-refractivity contribution is 5.26. The predicted molar refractivity (Wildman–Crippen MR) is 78.9 cm³/mol. The molecule has 0 saturated heterocycles. The summed E-state index contributed by atoms with van der Waals surface area (Å²) in [6.45, 7) is 3.15. The number of ether oxygens (including phenoxy) is 2. The Bertz CT molecular complexity index is 517. The van der Waals surface area contributed by atoms with Crippen molar-refractivity contribution in [3.63, 3.8) is 0 Å². The van der Waals surface area contributed by atoms with Gasteiger partial charge in [-0.1, -0.05) is 25.1 Å². The molecule has 1 aromatic carbocycles. The standard InChI is InChI=1S/C16H20N2O2/c1-2-8-19-15-9-13(10-18-11-15)16(17)12-20-14-6-4-3-5-7-14/h3-7,9-11,16H,2,8,12,17H2,1H3. The van der Waals surface area contributed by atoms with Gasteiger partial charge in [-0.25, -0.2) is 0 Å². The van der Waals surface area contributed by atoms with Crippen molar-refractivity contribution in [3.05, 3.63) is 54.4 Å². The van der Waals surface area contributed by atoms with Crippen molar-refractivity contribution >= 4 is 0 Å². The Morgan fingerprint density at radius 2 is 1.90 bits per heavy atom. The summed E-state index contributed by atoms with van der Waals surface area (Å²) in [5.74, 6) is 1.56. The summed E-state index contributed by atoms with van der Waals surface area (Å²) < 4.78 is 11.2. The first-order valence-corrected chi connectivity index (χ1v) is 6.80. The molecule has 0 amide bonds. The largest absolute Gasteiger partial charge is 0.492 e. The van der Waals surface area contributed by atoms with E-state index in [0.29, 0.717) is 13.2 Å². The van der Waals surface area contributed by atoms with Gasteiger partial charge in [0, 0.05) is 6.20 Å². The number of para-hydroxylation sites is 1.